The molecule has 0 amide bonds. The number of hydrogen-bond donors (Lipinski definition) is 1. The topological polar surface area (TPSA) is 15.3 Å². The Bertz CT molecular complexity index is 943. The highest BCUT2D eigenvalue weighted by Crippen LogP contribution is 2.29. The molecule has 0 aliphatic carbocycles. The number of fused-ring (bicyclic) bond motifs is 1. The van der Waals surface area contributed by atoms with Crippen LogP contribution >= 0.6 is 11.6 Å². The van der Waals surface area contributed by atoms with E-state index >= 15 is 0 Å². The summed E-state index contributed by atoms with van der Waals surface area (Å²) in [6.07, 6.45) is 4.66. The molecule has 3 heteroatoms. The first-order valence-corrected chi connectivity index (χ1v) is 10.1. The van der Waals surface area contributed by atoms with Gasteiger partial charge in [-0.25, -0.2) is 0 Å². The Morgan fingerprint density at radius 3 is 2.67 bits per heavy atom. The van der Waals surface area contributed by atoms with Gasteiger partial charge in [0.05, 0.1) is 0 Å². The predicted octanol–water partition coefficient (Wildman–Crippen LogP) is 6.08. The molecule has 4 rings (SSSR count). The van der Waals surface area contributed by atoms with Gasteiger partial charge >= 0.3 is 0 Å². The maximum absolute atomic E-state index is 6.03. The SMILES string of the molecule is Clc1cccc(NCCCN2CC=C(c3cccc4ccccc34)CC2)c1. The van der Waals surface area contributed by atoms with Crippen LogP contribution in [0, 0.1) is 0 Å². The zero-order valence-electron chi connectivity index (χ0n) is 15.5. The maximum atomic E-state index is 6.03. The Balaban J connectivity index is 1.31. The van der Waals surface area contributed by atoms with E-state index in [1.54, 1.807) is 0 Å². The zero-order valence-corrected chi connectivity index (χ0v) is 16.3. The third-order valence-electron chi connectivity index (χ3n) is 5.23. The van der Waals surface area contributed by atoms with E-state index in [2.05, 4.69) is 64.8 Å². The summed E-state index contributed by atoms with van der Waals surface area (Å²) >= 11 is 6.03. The fourth-order valence-electron chi connectivity index (χ4n) is 3.80. The van der Waals surface area contributed by atoms with Gasteiger partial charge in [0, 0.05) is 36.9 Å². The maximum Gasteiger partial charge on any atom is 0.0426 e. The Labute approximate surface area is 166 Å². The number of nitrogens with zero attached hydrogens (tertiary/aromatic N) is 1. The Morgan fingerprint density at radius 1 is 0.963 bits per heavy atom. The molecule has 0 unspecified atom stereocenters. The first-order chi connectivity index (χ1) is 13.3. The molecule has 0 saturated carbocycles. The number of hydrogen-bond acceptors (Lipinski definition) is 2. The van der Waals surface area contributed by atoms with Crippen LogP contribution in [0.2, 0.25) is 5.02 Å². The van der Waals surface area contributed by atoms with E-state index < -0.39 is 0 Å². The second kappa shape index (κ2) is 8.60. The lowest BCUT2D eigenvalue weighted by molar-refractivity contribution is 0.301. The van der Waals surface area contributed by atoms with Gasteiger partial charge in [-0.3, -0.25) is 4.90 Å². The molecule has 2 nitrogen and oxygen atoms in total. The molecule has 0 fully saturated rings. The van der Waals surface area contributed by atoms with Crippen LogP contribution < -0.4 is 5.32 Å². The highest BCUT2D eigenvalue weighted by atomic mass is 35.5. The molecule has 27 heavy (non-hydrogen) atoms. The van der Waals surface area contributed by atoms with Gasteiger partial charge in [-0.05, 0) is 52.9 Å². The highest BCUT2D eigenvalue weighted by Gasteiger charge is 2.14. The molecular formula is C24H25ClN2. The van der Waals surface area contributed by atoms with Gasteiger partial charge in [-0.1, -0.05) is 66.2 Å². The molecule has 138 valence electrons. The summed E-state index contributed by atoms with van der Waals surface area (Å²) in [5.74, 6) is 0. The van der Waals surface area contributed by atoms with Gasteiger partial charge in [0.15, 0.2) is 0 Å². The average molecular weight is 377 g/mol. The molecule has 1 heterocycles. The fourth-order valence-corrected chi connectivity index (χ4v) is 3.99. The molecular weight excluding hydrogens is 352 g/mol. The van der Waals surface area contributed by atoms with Gasteiger partial charge < -0.3 is 5.32 Å². The molecule has 3 aromatic carbocycles. The van der Waals surface area contributed by atoms with Crippen molar-refractivity contribution in [1.82, 2.24) is 4.90 Å². The van der Waals surface area contributed by atoms with Crippen LogP contribution in [-0.4, -0.2) is 31.1 Å². The molecule has 0 atom stereocenters. The first-order valence-electron chi connectivity index (χ1n) is 9.68. The Kier molecular flexibility index (Phi) is 5.76. The number of anilines is 1. The van der Waals surface area contributed by atoms with Crippen molar-refractivity contribution < 1.29 is 0 Å². The van der Waals surface area contributed by atoms with Crippen LogP contribution in [-0.2, 0) is 0 Å². The largest absolute Gasteiger partial charge is 0.385 e. The molecule has 1 aliphatic rings. The summed E-state index contributed by atoms with van der Waals surface area (Å²) in [6, 6.07) is 23.2. The molecule has 0 radical (unpaired) electrons. The van der Waals surface area contributed by atoms with E-state index in [0.717, 1.165) is 49.7 Å². The Morgan fingerprint density at radius 2 is 1.81 bits per heavy atom. The molecule has 0 bridgehead atoms. The minimum atomic E-state index is 0.780. The van der Waals surface area contributed by atoms with Gasteiger partial charge in [-0.2, -0.15) is 0 Å². The van der Waals surface area contributed by atoms with Crippen LogP contribution in [0.5, 0.6) is 0 Å². The van der Waals surface area contributed by atoms with Crippen LogP contribution in [0.4, 0.5) is 5.69 Å². The third kappa shape index (κ3) is 4.52. The summed E-state index contributed by atoms with van der Waals surface area (Å²) in [5, 5.41) is 6.92. The first kappa shape index (κ1) is 18.1. The van der Waals surface area contributed by atoms with Crippen LogP contribution in [0.15, 0.2) is 72.8 Å². The lowest BCUT2D eigenvalue weighted by Crippen LogP contribution is -2.30. The van der Waals surface area contributed by atoms with E-state index in [1.807, 2.05) is 18.2 Å². The van der Waals surface area contributed by atoms with E-state index in [0.29, 0.717) is 0 Å². The second-order valence-electron chi connectivity index (χ2n) is 7.10. The van der Waals surface area contributed by atoms with Gasteiger partial charge in [0.25, 0.3) is 0 Å². The number of rotatable bonds is 6. The van der Waals surface area contributed by atoms with E-state index in [1.165, 1.54) is 21.9 Å². The van der Waals surface area contributed by atoms with Gasteiger partial charge in [-0.15, -0.1) is 0 Å². The van der Waals surface area contributed by atoms with E-state index in [9.17, 15) is 0 Å². The second-order valence-corrected chi connectivity index (χ2v) is 7.53. The van der Waals surface area contributed by atoms with E-state index in [-0.39, 0.29) is 0 Å². The summed E-state index contributed by atoms with van der Waals surface area (Å²) in [4.78, 5) is 2.54. The minimum absolute atomic E-state index is 0.780. The lowest BCUT2D eigenvalue weighted by Gasteiger charge is -2.27. The molecule has 1 N–H and O–H groups in total. The van der Waals surface area contributed by atoms with Crippen LogP contribution in [0.1, 0.15) is 18.4 Å². The number of halogens is 1. The molecule has 3 aromatic rings. The molecule has 0 spiro atoms. The van der Waals surface area contributed by atoms with Crippen molar-refractivity contribution in [2.45, 2.75) is 12.8 Å². The Hall–Kier alpha value is -2.29. The third-order valence-corrected chi connectivity index (χ3v) is 5.47. The highest BCUT2D eigenvalue weighted by molar-refractivity contribution is 6.30. The normalized spacial score (nSPS) is 14.9. The smallest absolute Gasteiger partial charge is 0.0426 e. The number of benzene rings is 3. The van der Waals surface area contributed by atoms with Crippen molar-refractivity contribution in [3.8, 4) is 0 Å². The summed E-state index contributed by atoms with van der Waals surface area (Å²) in [6.45, 7) is 4.26. The van der Waals surface area contributed by atoms with Crippen molar-refractivity contribution >= 4 is 33.6 Å². The summed E-state index contributed by atoms with van der Waals surface area (Å²) < 4.78 is 0. The van der Waals surface area contributed by atoms with Crippen molar-refractivity contribution in [1.29, 1.82) is 0 Å². The van der Waals surface area contributed by atoms with E-state index in [4.69, 9.17) is 11.6 Å². The van der Waals surface area contributed by atoms with Crippen LogP contribution in [0.3, 0.4) is 0 Å². The summed E-state index contributed by atoms with van der Waals surface area (Å²) in [5.41, 5.74) is 3.98. The quantitative estimate of drug-likeness (QED) is 0.524. The summed E-state index contributed by atoms with van der Waals surface area (Å²) in [7, 11) is 0. The molecule has 0 aromatic heterocycles. The lowest BCUT2D eigenvalue weighted by atomic mass is 9.94. The standard InChI is InChI=1S/C24H25ClN2/c25-21-8-4-9-22(18-21)26-14-5-15-27-16-12-20(13-17-27)24-11-3-7-19-6-1-2-10-23(19)24/h1-4,6-12,18,26H,5,13-17H2. The van der Waals surface area contributed by atoms with Gasteiger partial charge in [0.1, 0.15) is 0 Å². The van der Waals surface area contributed by atoms with Crippen molar-refractivity contribution in [3.63, 3.8) is 0 Å². The molecule has 0 saturated heterocycles. The van der Waals surface area contributed by atoms with Crippen LogP contribution in [0.25, 0.3) is 16.3 Å². The number of nitrogens with one attached hydrogen (secondary N) is 1. The minimum Gasteiger partial charge on any atom is -0.385 e. The zero-order chi connectivity index (χ0) is 18.5. The predicted molar refractivity (Wildman–Crippen MR) is 118 cm³/mol. The van der Waals surface area contributed by atoms with Crippen molar-refractivity contribution in [2.24, 2.45) is 0 Å². The molecule has 1 aliphatic heterocycles. The monoisotopic (exact) mass is 376 g/mol. The van der Waals surface area contributed by atoms with Crippen molar-refractivity contribution in [2.75, 3.05) is 31.5 Å². The van der Waals surface area contributed by atoms with Crippen molar-refractivity contribution in [3.05, 3.63) is 83.4 Å². The van der Waals surface area contributed by atoms with Gasteiger partial charge in [0.2, 0.25) is 0 Å². The fraction of sp³-hybridized carbons (Fsp3) is 0.250. The average Bonchev–Trinajstić information content (AvgIpc) is 2.71.